The molecule has 0 bridgehead atoms. The quantitative estimate of drug-likeness (QED) is 0.393. The molecule has 1 rings (SSSR count). The second-order valence-electron chi connectivity index (χ2n) is 3.67. The van der Waals surface area contributed by atoms with Crippen molar-refractivity contribution in [3.8, 4) is 0 Å². The molecule has 7 nitrogen and oxygen atoms in total. The Morgan fingerprint density at radius 2 is 2.31 bits per heavy atom. The molecule has 90 valence electrons. The van der Waals surface area contributed by atoms with Crippen molar-refractivity contribution in [3.05, 3.63) is 0 Å². The highest BCUT2D eigenvalue weighted by Gasteiger charge is 2.30. The van der Waals surface area contributed by atoms with Gasteiger partial charge in [-0.3, -0.25) is 14.4 Å². The first-order valence-corrected chi connectivity index (χ1v) is 5.02. The fourth-order valence-electron chi connectivity index (χ4n) is 1.41. The molecule has 1 heterocycles. The van der Waals surface area contributed by atoms with Crippen LogP contribution in [0.1, 0.15) is 6.42 Å². The third kappa shape index (κ3) is 3.28. The number of carbonyl (C=O) groups excluding carboxylic acids is 2. The molecule has 0 unspecified atom stereocenters. The van der Waals surface area contributed by atoms with Gasteiger partial charge in [-0.25, -0.2) is 0 Å². The molecule has 0 spiro atoms. The average Bonchev–Trinajstić information content (AvgIpc) is 2.64. The predicted octanol–water partition coefficient (Wildman–Crippen LogP) is -2.31. The third-order valence-electron chi connectivity index (χ3n) is 2.42. The van der Waals surface area contributed by atoms with Crippen molar-refractivity contribution in [2.24, 2.45) is 11.7 Å². The topological polar surface area (TPSA) is 122 Å². The summed E-state index contributed by atoms with van der Waals surface area (Å²) in [4.78, 5) is 33.0. The standard InChI is InChI=1S/C9H15N3O4/c10-6(9(15)16)1-2-12-8(14)5-3-11-4-7(5)13/h5-6,11H,1-4,10H2,(H,12,14)(H,15,16)/t5-,6-/m0/s1. The van der Waals surface area contributed by atoms with E-state index in [1.54, 1.807) is 0 Å². The summed E-state index contributed by atoms with van der Waals surface area (Å²) in [7, 11) is 0. The molecule has 0 aliphatic carbocycles. The molecular weight excluding hydrogens is 214 g/mol. The lowest BCUT2D eigenvalue weighted by Gasteiger charge is -2.10. The molecule has 0 aromatic rings. The molecule has 0 radical (unpaired) electrons. The molecule has 0 aromatic carbocycles. The van der Waals surface area contributed by atoms with Gasteiger partial charge in [0.2, 0.25) is 5.91 Å². The Morgan fingerprint density at radius 3 is 2.81 bits per heavy atom. The summed E-state index contributed by atoms with van der Waals surface area (Å²) in [6.45, 7) is 0.721. The van der Waals surface area contributed by atoms with Crippen LogP contribution in [0.5, 0.6) is 0 Å². The number of carboxylic acids is 1. The fourth-order valence-corrected chi connectivity index (χ4v) is 1.41. The van der Waals surface area contributed by atoms with E-state index in [0.717, 1.165) is 0 Å². The van der Waals surface area contributed by atoms with Crippen LogP contribution in [0.4, 0.5) is 0 Å². The van der Waals surface area contributed by atoms with Crippen molar-refractivity contribution < 1.29 is 19.5 Å². The van der Waals surface area contributed by atoms with Crippen molar-refractivity contribution in [2.75, 3.05) is 19.6 Å². The minimum Gasteiger partial charge on any atom is -0.480 e. The van der Waals surface area contributed by atoms with E-state index in [0.29, 0.717) is 6.54 Å². The van der Waals surface area contributed by atoms with Gasteiger partial charge in [0, 0.05) is 13.1 Å². The Hall–Kier alpha value is -1.47. The minimum absolute atomic E-state index is 0.139. The van der Waals surface area contributed by atoms with Gasteiger partial charge < -0.3 is 21.5 Å². The number of amides is 1. The molecule has 1 saturated heterocycles. The van der Waals surface area contributed by atoms with Crippen molar-refractivity contribution in [1.82, 2.24) is 10.6 Å². The van der Waals surface area contributed by atoms with E-state index >= 15 is 0 Å². The fraction of sp³-hybridized carbons (Fsp3) is 0.667. The number of nitrogens with two attached hydrogens (primary N) is 1. The Bertz CT molecular complexity index is 305. The van der Waals surface area contributed by atoms with Gasteiger partial charge in [0.15, 0.2) is 5.78 Å². The van der Waals surface area contributed by atoms with Gasteiger partial charge in [-0.2, -0.15) is 0 Å². The van der Waals surface area contributed by atoms with Crippen LogP contribution in [0.3, 0.4) is 0 Å². The average molecular weight is 229 g/mol. The summed E-state index contributed by atoms with van der Waals surface area (Å²) in [5.74, 6) is -2.26. The molecule has 1 aliphatic heterocycles. The highest BCUT2D eigenvalue weighted by atomic mass is 16.4. The second-order valence-corrected chi connectivity index (χ2v) is 3.67. The minimum atomic E-state index is -1.10. The number of carbonyl (C=O) groups is 3. The Labute approximate surface area is 92.4 Å². The summed E-state index contributed by atoms with van der Waals surface area (Å²) in [5, 5.41) is 13.8. The van der Waals surface area contributed by atoms with Crippen molar-refractivity contribution in [2.45, 2.75) is 12.5 Å². The van der Waals surface area contributed by atoms with Crippen LogP contribution in [0.15, 0.2) is 0 Å². The molecular formula is C9H15N3O4. The Balaban J connectivity index is 2.25. The molecule has 7 heteroatoms. The number of aliphatic carboxylic acids is 1. The summed E-state index contributed by atoms with van der Waals surface area (Å²) in [5.41, 5.74) is 5.25. The molecule has 5 N–H and O–H groups in total. The van der Waals surface area contributed by atoms with Gasteiger partial charge in [0.05, 0.1) is 6.54 Å². The lowest BCUT2D eigenvalue weighted by atomic mass is 10.1. The van der Waals surface area contributed by atoms with Gasteiger partial charge in [0.1, 0.15) is 12.0 Å². The van der Waals surface area contributed by atoms with E-state index in [9.17, 15) is 14.4 Å². The van der Waals surface area contributed by atoms with Crippen molar-refractivity contribution >= 4 is 17.7 Å². The second kappa shape index (κ2) is 5.57. The van der Waals surface area contributed by atoms with Gasteiger partial charge in [-0.05, 0) is 6.42 Å². The molecule has 1 amide bonds. The molecule has 1 aliphatic rings. The summed E-state index contributed by atoms with van der Waals surface area (Å²) in [6, 6.07) is -0.988. The summed E-state index contributed by atoms with van der Waals surface area (Å²) in [6.07, 6.45) is 0.148. The highest BCUT2D eigenvalue weighted by molar-refractivity contribution is 6.03. The van der Waals surface area contributed by atoms with Crippen LogP contribution in [-0.2, 0) is 14.4 Å². The Morgan fingerprint density at radius 1 is 1.62 bits per heavy atom. The zero-order valence-electron chi connectivity index (χ0n) is 8.73. The maximum absolute atomic E-state index is 11.4. The van der Waals surface area contributed by atoms with Crippen molar-refractivity contribution in [3.63, 3.8) is 0 Å². The number of ketones is 1. The summed E-state index contributed by atoms with van der Waals surface area (Å²) >= 11 is 0. The van der Waals surface area contributed by atoms with E-state index in [4.69, 9.17) is 10.8 Å². The number of rotatable bonds is 5. The smallest absolute Gasteiger partial charge is 0.320 e. The van der Waals surface area contributed by atoms with Crippen molar-refractivity contribution in [1.29, 1.82) is 0 Å². The first kappa shape index (κ1) is 12.6. The van der Waals surface area contributed by atoms with Gasteiger partial charge in [-0.15, -0.1) is 0 Å². The Kier molecular flexibility index (Phi) is 4.39. The van der Waals surface area contributed by atoms with Crippen LogP contribution in [0.2, 0.25) is 0 Å². The molecule has 2 atom stereocenters. The maximum Gasteiger partial charge on any atom is 0.320 e. The van der Waals surface area contributed by atoms with Crippen LogP contribution in [-0.4, -0.2) is 48.4 Å². The first-order valence-electron chi connectivity index (χ1n) is 5.02. The number of Topliss-reactive ketones (excluding diaryl/α,β-unsaturated/α-hetero) is 1. The van der Waals surface area contributed by atoms with E-state index in [2.05, 4.69) is 10.6 Å². The lowest BCUT2D eigenvalue weighted by Crippen LogP contribution is -2.39. The molecule has 1 fully saturated rings. The highest BCUT2D eigenvalue weighted by Crippen LogP contribution is 2.03. The number of hydrogen-bond donors (Lipinski definition) is 4. The number of hydrogen-bond acceptors (Lipinski definition) is 5. The largest absolute Gasteiger partial charge is 0.480 e. The van der Waals surface area contributed by atoms with Crippen LogP contribution >= 0.6 is 0 Å². The monoisotopic (exact) mass is 229 g/mol. The van der Waals surface area contributed by atoms with Gasteiger partial charge >= 0.3 is 5.97 Å². The predicted molar refractivity (Wildman–Crippen MR) is 54.6 cm³/mol. The third-order valence-corrected chi connectivity index (χ3v) is 2.42. The van der Waals surface area contributed by atoms with Gasteiger partial charge in [-0.1, -0.05) is 0 Å². The summed E-state index contributed by atoms with van der Waals surface area (Å²) < 4.78 is 0. The van der Waals surface area contributed by atoms with Crippen LogP contribution in [0, 0.1) is 5.92 Å². The normalized spacial score (nSPS) is 21.8. The molecule has 0 aromatic heterocycles. The van der Waals surface area contributed by atoms with Gasteiger partial charge in [0.25, 0.3) is 0 Å². The lowest BCUT2D eigenvalue weighted by molar-refractivity contribution is -0.139. The maximum atomic E-state index is 11.4. The SMILES string of the molecule is N[C@@H](CCNC(=O)[C@H]1CNCC1=O)C(=O)O. The van der Waals surface area contributed by atoms with E-state index in [1.165, 1.54) is 0 Å². The number of nitrogens with one attached hydrogen (secondary N) is 2. The molecule has 0 saturated carbocycles. The number of carboxylic acid groups (broad SMARTS) is 1. The van der Waals surface area contributed by atoms with Crippen LogP contribution in [0.25, 0.3) is 0 Å². The first-order chi connectivity index (χ1) is 7.52. The van der Waals surface area contributed by atoms with E-state index in [-0.39, 0.29) is 31.2 Å². The zero-order valence-corrected chi connectivity index (χ0v) is 8.73. The van der Waals surface area contributed by atoms with Crippen LogP contribution < -0.4 is 16.4 Å². The van der Waals surface area contributed by atoms with E-state index in [1.807, 2.05) is 0 Å². The molecule has 16 heavy (non-hydrogen) atoms. The van der Waals surface area contributed by atoms with E-state index < -0.39 is 17.9 Å². The zero-order chi connectivity index (χ0) is 12.1.